The van der Waals surface area contributed by atoms with Gasteiger partial charge in [0.25, 0.3) is 10.0 Å². The Kier molecular flexibility index (Phi) is 3.63. The Balaban J connectivity index is 2.01. The number of nitrogens with zero attached hydrogens (tertiary/aromatic N) is 2. The molecule has 0 unspecified atom stereocenters. The first kappa shape index (κ1) is 14.6. The Hall–Kier alpha value is -2.32. The van der Waals surface area contributed by atoms with E-state index in [1.165, 1.54) is 19.2 Å². The van der Waals surface area contributed by atoms with E-state index in [1.807, 2.05) is 0 Å². The Labute approximate surface area is 131 Å². The van der Waals surface area contributed by atoms with Crippen molar-refractivity contribution in [3.05, 3.63) is 41.4 Å². The molecular formula is C13H11ClN4O3S. The first-order valence-electron chi connectivity index (χ1n) is 6.16. The van der Waals surface area contributed by atoms with Gasteiger partial charge in [0, 0.05) is 5.02 Å². The van der Waals surface area contributed by atoms with Gasteiger partial charge in [-0.25, -0.2) is 8.42 Å². The molecule has 0 radical (unpaired) electrons. The molecule has 2 aromatic carbocycles. The molecule has 0 fully saturated rings. The minimum absolute atomic E-state index is 0.0391. The molecule has 0 bridgehead atoms. The number of benzene rings is 2. The van der Waals surface area contributed by atoms with E-state index in [-0.39, 0.29) is 10.6 Å². The molecule has 3 rings (SSSR count). The SMILES string of the molecule is COc1ccc(Cl)cc1S(=O)(=O)Nc1ccc2n[nH]nc2c1. The lowest BCUT2D eigenvalue weighted by Gasteiger charge is -2.11. The van der Waals surface area contributed by atoms with Crippen LogP contribution in [0.4, 0.5) is 5.69 Å². The van der Waals surface area contributed by atoms with E-state index in [2.05, 4.69) is 20.1 Å². The van der Waals surface area contributed by atoms with E-state index in [1.54, 1.807) is 24.3 Å². The van der Waals surface area contributed by atoms with E-state index < -0.39 is 10.0 Å². The molecule has 3 aromatic rings. The lowest BCUT2D eigenvalue weighted by atomic mass is 10.3. The second kappa shape index (κ2) is 5.47. The number of methoxy groups -OCH3 is 1. The zero-order valence-corrected chi connectivity index (χ0v) is 12.9. The molecule has 0 spiro atoms. The lowest BCUT2D eigenvalue weighted by Crippen LogP contribution is -2.14. The number of nitrogens with one attached hydrogen (secondary N) is 2. The molecule has 0 aliphatic carbocycles. The second-order valence-electron chi connectivity index (χ2n) is 4.43. The smallest absolute Gasteiger partial charge is 0.265 e. The molecule has 22 heavy (non-hydrogen) atoms. The Bertz CT molecular complexity index is 939. The summed E-state index contributed by atoms with van der Waals surface area (Å²) in [6.07, 6.45) is 0. The van der Waals surface area contributed by atoms with E-state index >= 15 is 0 Å². The third-order valence-electron chi connectivity index (χ3n) is 2.98. The maximum absolute atomic E-state index is 12.5. The molecule has 1 heterocycles. The van der Waals surface area contributed by atoms with Gasteiger partial charge < -0.3 is 4.74 Å². The van der Waals surface area contributed by atoms with Crippen LogP contribution in [0.1, 0.15) is 0 Å². The van der Waals surface area contributed by atoms with Crippen molar-refractivity contribution >= 4 is 38.3 Å². The van der Waals surface area contributed by atoms with E-state index in [0.29, 0.717) is 21.7 Å². The maximum Gasteiger partial charge on any atom is 0.265 e. The Morgan fingerprint density at radius 3 is 2.68 bits per heavy atom. The van der Waals surface area contributed by atoms with Crippen LogP contribution in [0, 0.1) is 0 Å². The molecular weight excluding hydrogens is 328 g/mol. The molecule has 0 amide bonds. The number of aromatic nitrogens is 3. The molecule has 0 atom stereocenters. The number of hydrogen-bond acceptors (Lipinski definition) is 5. The van der Waals surface area contributed by atoms with Crippen LogP contribution in [0.25, 0.3) is 11.0 Å². The van der Waals surface area contributed by atoms with Crippen LogP contribution >= 0.6 is 11.6 Å². The van der Waals surface area contributed by atoms with Gasteiger partial charge in [-0.05, 0) is 36.4 Å². The monoisotopic (exact) mass is 338 g/mol. The van der Waals surface area contributed by atoms with Crippen molar-refractivity contribution < 1.29 is 13.2 Å². The Morgan fingerprint density at radius 2 is 1.91 bits per heavy atom. The summed E-state index contributed by atoms with van der Waals surface area (Å²) in [6.45, 7) is 0. The van der Waals surface area contributed by atoms with Crippen LogP contribution in [0.3, 0.4) is 0 Å². The average molecular weight is 339 g/mol. The first-order chi connectivity index (χ1) is 10.5. The molecule has 0 saturated heterocycles. The summed E-state index contributed by atoms with van der Waals surface area (Å²) in [5.74, 6) is 0.208. The summed E-state index contributed by atoms with van der Waals surface area (Å²) in [5.41, 5.74) is 1.56. The lowest BCUT2D eigenvalue weighted by molar-refractivity contribution is 0.403. The number of hydrogen-bond donors (Lipinski definition) is 2. The summed E-state index contributed by atoms with van der Waals surface area (Å²) >= 11 is 5.88. The van der Waals surface area contributed by atoms with Crippen LogP contribution in [-0.4, -0.2) is 30.9 Å². The summed E-state index contributed by atoms with van der Waals surface area (Å²) < 4.78 is 32.6. The predicted octanol–water partition coefficient (Wildman–Crippen LogP) is 2.42. The number of rotatable bonds is 4. The average Bonchev–Trinajstić information content (AvgIpc) is 2.94. The second-order valence-corrected chi connectivity index (χ2v) is 6.52. The van der Waals surface area contributed by atoms with Crippen LogP contribution < -0.4 is 9.46 Å². The van der Waals surface area contributed by atoms with Crippen molar-refractivity contribution in [2.75, 3.05) is 11.8 Å². The van der Waals surface area contributed by atoms with Crippen molar-refractivity contribution in [1.82, 2.24) is 15.4 Å². The molecule has 0 aliphatic rings. The first-order valence-corrected chi connectivity index (χ1v) is 8.02. The normalized spacial score (nSPS) is 11.5. The van der Waals surface area contributed by atoms with Crippen LogP contribution in [0.5, 0.6) is 5.75 Å². The Morgan fingerprint density at radius 1 is 1.14 bits per heavy atom. The van der Waals surface area contributed by atoms with E-state index in [9.17, 15) is 8.42 Å². The fraction of sp³-hybridized carbons (Fsp3) is 0.0769. The van der Waals surface area contributed by atoms with Crippen LogP contribution in [0.2, 0.25) is 5.02 Å². The molecule has 7 nitrogen and oxygen atoms in total. The number of fused-ring (bicyclic) bond motifs is 1. The van der Waals surface area contributed by atoms with Crippen molar-refractivity contribution in [3.63, 3.8) is 0 Å². The summed E-state index contributed by atoms with van der Waals surface area (Å²) in [7, 11) is -2.46. The highest BCUT2D eigenvalue weighted by Gasteiger charge is 2.20. The topological polar surface area (TPSA) is 97.0 Å². The molecule has 0 aliphatic heterocycles. The van der Waals surface area contributed by atoms with Gasteiger partial charge in [-0.15, -0.1) is 0 Å². The fourth-order valence-corrected chi connectivity index (χ4v) is 3.46. The van der Waals surface area contributed by atoms with Gasteiger partial charge in [0.1, 0.15) is 21.7 Å². The highest BCUT2D eigenvalue weighted by Crippen LogP contribution is 2.29. The highest BCUT2D eigenvalue weighted by atomic mass is 35.5. The van der Waals surface area contributed by atoms with Gasteiger partial charge in [-0.3, -0.25) is 4.72 Å². The third kappa shape index (κ3) is 2.70. The summed E-state index contributed by atoms with van der Waals surface area (Å²) in [4.78, 5) is -0.0391. The minimum Gasteiger partial charge on any atom is -0.495 e. The van der Waals surface area contributed by atoms with Crippen LogP contribution in [0.15, 0.2) is 41.3 Å². The number of aromatic amines is 1. The van der Waals surface area contributed by atoms with Gasteiger partial charge in [-0.2, -0.15) is 15.4 Å². The minimum atomic E-state index is -3.85. The van der Waals surface area contributed by atoms with Crippen molar-refractivity contribution in [2.24, 2.45) is 0 Å². The van der Waals surface area contributed by atoms with Crippen molar-refractivity contribution in [3.8, 4) is 5.75 Å². The molecule has 1 aromatic heterocycles. The number of anilines is 1. The molecule has 2 N–H and O–H groups in total. The van der Waals surface area contributed by atoms with Crippen LogP contribution in [-0.2, 0) is 10.0 Å². The third-order valence-corrected chi connectivity index (χ3v) is 4.62. The zero-order valence-electron chi connectivity index (χ0n) is 11.4. The van der Waals surface area contributed by atoms with E-state index in [0.717, 1.165) is 0 Å². The largest absolute Gasteiger partial charge is 0.495 e. The van der Waals surface area contributed by atoms with Gasteiger partial charge in [0.2, 0.25) is 0 Å². The highest BCUT2D eigenvalue weighted by molar-refractivity contribution is 7.92. The number of halogens is 1. The molecule has 9 heteroatoms. The number of H-pyrrole nitrogens is 1. The quantitative estimate of drug-likeness (QED) is 0.761. The molecule has 114 valence electrons. The van der Waals surface area contributed by atoms with Gasteiger partial charge in [0.05, 0.1) is 12.8 Å². The van der Waals surface area contributed by atoms with E-state index in [4.69, 9.17) is 16.3 Å². The standard InChI is InChI=1S/C13H11ClN4O3S/c1-21-12-5-2-8(14)6-13(12)22(19,20)17-9-3-4-10-11(7-9)16-18-15-10/h2-7,17H,1H3,(H,15,16,18). The number of sulfonamides is 1. The maximum atomic E-state index is 12.5. The van der Waals surface area contributed by atoms with Crippen molar-refractivity contribution in [1.29, 1.82) is 0 Å². The number of ether oxygens (including phenoxy) is 1. The summed E-state index contributed by atoms with van der Waals surface area (Å²) in [6, 6.07) is 9.22. The van der Waals surface area contributed by atoms with Crippen molar-refractivity contribution in [2.45, 2.75) is 4.90 Å². The van der Waals surface area contributed by atoms with Gasteiger partial charge >= 0.3 is 0 Å². The molecule has 0 saturated carbocycles. The van der Waals surface area contributed by atoms with Gasteiger partial charge in [-0.1, -0.05) is 11.6 Å². The predicted molar refractivity (Wildman–Crippen MR) is 82.7 cm³/mol. The van der Waals surface area contributed by atoms with Gasteiger partial charge in [0.15, 0.2) is 0 Å². The zero-order chi connectivity index (χ0) is 15.7. The fourth-order valence-electron chi connectivity index (χ4n) is 1.97. The summed E-state index contributed by atoms with van der Waals surface area (Å²) in [5, 5.41) is 10.6.